The number of hydrogen-bond donors (Lipinski definition) is 4. The molecule has 2 amide bonds. The Morgan fingerprint density at radius 1 is 1.11 bits per heavy atom. The smallest absolute Gasteiger partial charge is 0.344 e. The molecule has 194 valence electrons. The van der Waals surface area contributed by atoms with E-state index in [0.29, 0.717) is 40.1 Å². The van der Waals surface area contributed by atoms with E-state index in [1.54, 1.807) is 42.5 Å². The van der Waals surface area contributed by atoms with Crippen LogP contribution in [0.2, 0.25) is 0 Å². The lowest BCUT2D eigenvalue weighted by Crippen LogP contribution is -2.31. The lowest BCUT2D eigenvalue weighted by molar-refractivity contribution is 0.0940. The van der Waals surface area contributed by atoms with Gasteiger partial charge in [0.15, 0.2) is 0 Å². The summed E-state index contributed by atoms with van der Waals surface area (Å²) in [6, 6.07) is 9.45. The first kappa shape index (κ1) is 27.5. The molecule has 3 aromatic rings. The average Bonchev–Trinajstić information content (AvgIpc) is 2.88. The summed E-state index contributed by atoms with van der Waals surface area (Å²) in [4.78, 5) is 38.5. The van der Waals surface area contributed by atoms with Crippen molar-refractivity contribution in [3.63, 3.8) is 0 Å². The fraction of sp³-hybridized carbons (Fsp3) is 0.310. The Bertz CT molecular complexity index is 1450. The van der Waals surface area contributed by atoms with Gasteiger partial charge in [-0.2, -0.15) is 0 Å². The summed E-state index contributed by atoms with van der Waals surface area (Å²) in [7, 11) is 0. The van der Waals surface area contributed by atoms with Crippen molar-refractivity contribution >= 4 is 39.3 Å². The summed E-state index contributed by atoms with van der Waals surface area (Å²) in [6.07, 6.45) is 6.26. The quantitative estimate of drug-likeness (QED) is 0.142. The van der Waals surface area contributed by atoms with E-state index in [2.05, 4.69) is 10.6 Å². The molecule has 0 aliphatic carbocycles. The van der Waals surface area contributed by atoms with Crippen LogP contribution in [0.15, 0.2) is 69.4 Å². The molecule has 0 aliphatic rings. The minimum Gasteiger partial charge on any atom is -0.422 e. The number of hydrogen-bond acceptors (Lipinski definition) is 6. The Morgan fingerprint density at radius 2 is 1.86 bits per heavy atom. The number of carbonyl (C=O) groups excluding carboxylic acids is 2. The molecule has 3 rings (SSSR count). The third-order valence-electron chi connectivity index (χ3n) is 5.82. The van der Waals surface area contributed by atoms with E-state index in [4.69, 9.17) is 15.6 Å². The van der Waals surface area contributed by atoms with Crippen LogP contribution in [-0.4, -0.2) is 36.7 Å². The van der Waals surface area contributed by atoms with Gasteiger partial charge in [0.1, 0.15) is 5.58 Å². The number of nitrogens with two attached hydrogens (primary N) is 1. The molecule has 1 unspecified atom stereocenters. The minimum absolute atomic E-state index is 0.131. The van der Waals surface area contributed by atoms with Crippen molar-refractivity contribution in [3.05, 3.63) is 81.7 Å². The van der Waals surface area contributed by atoms with Crippen molar-refractivity contribution in [3.8, 4) is 0 Å². The Hall–Kier alpha value is -4.04. The number of rotatable bonds is 10. The van der Waals surface area contributed by atoms with Crippen LogP contribution < -0.4 is 22.0 Å². The van der Waals surface area contributed by atoms with Gasteiger partial charge in [0, 0.05) is 35.5 Å². The molecule has 0 radical (unpaired) electrons. The van der Waals surface area contributed by atoms with Crippen molar-refractivity contribution in [2.75, 3.05) is 13.1 Å². The number of amides is 2. The largest absolute Gasteiger partial charge is 0.422 e. The number of carbonyl (C=O) groups is 2. The molecule has 0 fully saturated rings. The molecule has 2 aromatic carbocycles. The molecule has 0 saturated carbocycles. The van der Waals surface area contributed by atoms with Crippen molar-refractivity contribution in [2.45, 2.75) is 40.2 Å². The second-order valence-electron chi connectivity index (χ2n) is 9.30. The van der Waals surface area contributed by atoms with Crippen LogP contribution in [0.3, 0.4) is 0 Å². The van der Waals surface area contributed by atoms with Gasteiger partial charge in [0.05, 0.1) is 16.7 Å². The Labute approximate surface area is 216 Å². The molecule has 0 spiro atoms. The zero-order chi connectivity index (χ0) is 27.1. The van der Waals surface area contributed by atoms with Crippen LogP contribution in [0.1, 0.15) is 54.8 Å². The summed E-state index contributed by atoms with van der Waals surface area (Å²) in [5.41, 5.74) is 7.06. The monoisotopic (exact) mass is 502 g/mol. The zero-order valence-electron chi connectivity index (χ0n) is 21.7. The van der Waals surface area contributed by atoms with Gasteiger partial charge in [0.2, 0.25) is 0 Å². The molecule has 0 saturated heterocycles. The number of fused-ring (bicyclic) bond motifs is 3. The second kappa shape index (κ2) is 12.3. The molecule has 5 N–H and O–H groups in total. The minimum atomic E-state index is -0.576. The Morgan fingerprint density at radius 3 is 2.54 bits per heavy atom. The molecular formula is C29H34N4O4. The van der Waals surface area contributed by atoms with E-state index in [9.17, 15) is 14.4 Å². The van der Waals surface area contributed by atoms with E-state index in [0.717, 1.165) is 12.0 Å². The highest BCUT2D eigenvalue weighted by molar-refractivity contribution is 6.16. The average molecular weight is 503 g/mol. The van der Waals surface area contributed by atoms with Gasteiger partial charge in [-0.1, -0.05) is 51.1 Å². The first-order valence-corrected chi connectivity index (χ1v) is 12.4. The molecular weight excluding hydrogens is 468 g/mol. The lowest BCUT2D eigenvalue weighted by Gasteiger charge is -2.13. The normalized spacial score (nSPS) is 12.9. The maximum atomic E-state index is 13.3. The highest BCUT2D eigenvalue weighted by Crippen LogP contribution is 2.27. The predicted octanol–water partition coefficient (Wildman–Crippen LogP) is 4.32. The first-order chi connectivity index (χ1) is 17.7. The third-order valence-corrected chi connectivity index (χ3v) is 5.82. The third kappa shape index (κ3) is 6.59. The van der Waals surface area contributed by atoms with E-state index in [-0.39, 0.29) is 35.4 Å². The molecule has 1 atom stereocenters. The maximum absolute atomic E-state index is 13.3. The molecule has 1 aromatic heterocycles. The Balaban J connectivity index is 1.96. The zero-order valence-corrected chi connectivity index (χ0v) is 21.7. The van der Waals surface area contributed by atoms with E-state index in [1.165, 1.54) is 6.07 Å². The summed E-state index contributed by atoms with van der Waals surface area (Å²) in [5, 5.41) is 15.0. The van der Waals surface area contributed by atoms with Crippen LogP contribution in [0.25, 0.3) is 21.7 Å². The molecule has 8 nitrogen and oxygen atoms in total. The standard InChI is InChI=1S/C29H34N4O4/c1-5-7-19(24(31)15-30)11-10-18(4)33-28(35)22-8-6-9-25-26(22)21-13-12-20(14-23(21)29(36)37-25)27(34)32-16-17(2)3/h6-14,17-18,31H,5,15-16,30H2,1-4H3,(H,32,34)(H,33,35)/b11-10-,19-7+,31-24?. The fourth-order valence-corrected chi connectivity index (χ4v) is 3.92. The van der Waals surface area contributed by atoms with Crippen LogP contribution in [0.5, 0.6) is 0 Å². The molecule has 1 heterocycles. The van der Waals surface area contributed by atoms with Gasteiger partial charge in [-0.05, 0) is 49.1 Å². The number of nitrogens with one attached hydrogen (secondary N) is 3. The lowest BCUT2D eigenvalue weighted by atomic mass is 10.00. The predicted molar refractivity (Wildman–Crippen MR) is 148 cm³/mol. The summed E-state index contributed by atoms with van der Waals surface area (Å²) >= 11 is 0. The molecule has 37 heavy (non-hydrogen) atoms. The summed E-state index contributed by atoms with van der Waals surface area (Å²) in [6.45, 7) is 8.45. The van der Waals surface area contributed by atoms with Crippen LogP contribution >= 0.6 is 0 Å². The molecule has 0 aliphatic heterocycles. The fourth-order valence-electron chi connectivity index (χ4n) is 3.92. The van der Waals surface area contributed by atoms with Gasteiger partial charge < -0.3 is 26.2 Å². The highest BCUT2D eigenvalue weighted by Gasteiger charge is 2.18. The van der Waals surface area contributed by atoms with E-state index in [1.807, 2.05) is 33.8 Å². The van der Waals surface area contributed by atoms with Crippen molar-refractivity contribution in [1.82, 2.24) is 10.6 Å². The van der Waals surface area contributed by atoms with Crippen molar-refractivity contribution in [1.29, 1.82) is 5.41 Å². The van der Waals surface area contributed by atoms with Gasteiger partial charge in [-0.25, -0.2) is 4.79 Å². The summed E-state index contributed by atoms with van der Waals surface area (Å²) < 4.78 is 5.52. The molecule has 8 heteroatoms. The first-order valence-electron chi connectivity index (χ1n) is 12.4. The van der Waals surface area contributed by atoms with Crippen molar-refractivity contribution in [2.24, 2.45) is 11.7 Å². The van der Waals surface area contributed by atoms with Gasteiger partial charge in [-0.3, -0.25) is 9.59 Å². The summed E-state index contributed by atoms with van der Waals surface area (Å²) in [5.74, 6) is -0.327. The van der Waals surface area contributed by atoms with E-state index < -0.39 is 5.63 Å². The van der Waals surface area contributed by atoms with E-state index >= 15 is 0 Å². The topological polar surface area (TPSA) is 138 Å². The van der Waals surface area contributed by atoms with Gasteiger partial charge in [0.25, 0.3) is 11.8 Å². The number of allylic oxidation sites excluding steroid dienone is 2. The highest BCUT2D eigenvalue weighted by atomic mass is 16.4. The van der Waals surface area contributed by atoms with Gasteiger partial charge in [-0.15, -0.1) is 0 Å². The van der Waals surface area contributed by atoms with Gasteiger partial charge >= 0.3 is 5.63 Å². The number of benzene rings is 2. The SMILES string of the molecule is CC/C=C(\C=C/C(C)NC(=O)c1cccc2oc(=O)c3cc(C(=O)NCC(C)C)ccc3c12)C(=N)CN. The Kier molecular flexibility index (Phi) is 9.14. The maximum Gasteiger partial charge on any atom is 0.344 e. The van der Waals surface area contributed by atoms with Crippen LogP contribution in [-0.2, 0) is 0 Å². The van der Waals surface area contributed by atoms with Crippen LogP contribution in [0.4, 0.5) is 0 Å². The van der Waals surface area contributed by atoms with Crippen molar-refractivity contribution < 1.29 is 14.0 Å². The second-order valence-corrected chi connectivity index (χ2v) is 9.30. The molecule has 0 bridgehead atoms. The van der Waals surface area contributed by atoms with Crippen LogP contribution in [0, 0.1) is 11.3 Å².